The first-order valence-corrected chi connectivity index (χ1v) is 7.05. The summed E-state index contributed by atoms with van der Waals surface area (Å²) in [6.45, 7) is -1.52. The third kappa shape index (κ3) is 3.48. The van der Waals surface area contributed by atoms with Crippen molar-refractivity contribution in [1.29, 1.82) is 0 Å². The van der Waals surface area contributed by atoms with Crippen LogP contribution in [0, 0.1) is 0 Å². The fourth-order valence-electron chi connectivity index (χ4n) is 2.10. The van der Waals surface area contributed by atoms with Crippen LogP contribution in [0.25, 0.3) is 22.0 Å². The Kier molecular flexibility index (Phi) is 4.15. The summed E-state index contributed by atoms with van der Waals surface area (Å²) in [5.41, 5.74) is 0.466. The van der Waals surface area contributed by atoms with E-state index in [4.69, 9.17) is 11.6 Å². The Hall–Kier alpha value is -2.61. The number of hydrogen-bond acceptors (Lipinski definition) is 4. The predicted molar refractivity (Wildman–Crippen MR) is 82.2 cm³/mol. The molecule has 0 bridgehead atoms. The zero-order chi connectivity index (χ0) is 17.3. The lowest BCUT2D eigenvalue weighted by Crippen LogP contribution is -2.20. The maximum absolute atomic E-state index is 12.3. The topological polar surface area (TPSA) is 67.9 Å². The molecule has 5 nitrogen and oxygen atoms in total. The molecule has 0 aliphatic rings. The maximum Gasteiger partial charge on any atom is 0.422 e. The van der Waals surface area contributed by atoms with Gasteiger partial charge in [0.15, 0.2) is 6.61 Å². The lowest BCUT2D eigenvalue weighted by molar-refractivity contribution is -0.154. The smallest absolute Gasteiger partial charge is 0.422 e. The fourth-order valence-corrected chi connectivity index (χ4v) is 2.23. The van der Waals surface area contributed by atoms with E-state index in [1.165, 1.54) is 12.4 Å². The number of ether oxygens (including phenoxy) is 1. The van der Waals surface area contributed by atoms with Gasteiger partial charge in [0.05, 0.1) is 11.1 Å². The van der Waals surface area contributed by atoms with E-state index in [1.54, 1.807) is 24.3 Å². The minimum atomic E-state index is -4.51. The highest BCUT2D eigenvalue weighted by Gasteiger charge is 2.29. The molecule has 0 atom stereocenters. The number of nitrogens with zero attached hydrogens (tertiary/aromatic N) is 2. The molecule has 0 saturated heterocycles. The molecule has 124 valence electrons. The van der Waals surface area contributed by atoms with Crippen LogP contribution in [0.2, 0.25) is 5.02 Å². The number of H-pyrrole nitrogens is 1. The van der Waals surface area contributed by atoms with Crippen LogP contribution in [0.4, 0.5) is 13.2 Å². The zero-order valence-corrected chi connectivity index (χ0v) is 12.6. The number of nitrogens with one attached hydrogen (secondary N) is 1. The number of halogens is 4. The van der Waals surface area contributed by atoms with Gasteiger partial charge in [0.2, 0.25) is 0 Å². The third-order valence-corrected chi connectivity index (χ3v) is 3.37. The van der Waals surface area contributed by atoms with Crippen LogP contribution < -0.4 is 10.3 Å². The van der Waals surface area contributed by atoms with Crippen molar-refractivity contribution in [2.45, 2.75) is 6.18 Å². The van der Waals surface area contributed by atoms with Crippen LogP contribution in [-0.4, -0.2) is 27.7 Å². The Balaban J connectivity index is 2.11. The molecular weight excluding hydrogens is 347 g/mol. The molecule has 2 aromatic heterocycles. The number of rotatable bonds is 3. The van der Waals surface area contributed by atoms with E-state index in [0.29, 0.717) is 16.0 Å². The minimum absolute atomic E-state index is 0.188. The Morgan fingerprint density at radius 3 is 2.58 bits per heavy atom. The molecule has 0 radical (unpaired) electrons. The maximum atomic E-state index is 12.3. The second-order valence-corrected chi connectivity index (χ2v) is 5.30. The predicted octanol–water partition coefficient (Wildman–Crippen LogP) is 3.58. The average Bonchev–Trinajstić information content (AvgIpc) is 2.53. The third-order valence-electron chi connectivity index (χ3n) is 3.12. The van der Waals surface area contributed by atoms with Crippen LogP contribution in [0.1, 0.15) is 0 Å². The minimum Gasteiger partial charge on any atom is -0.454 e. The van der Waals surface area contributed by atoms with E-state index in [0.717, 1.165) is 0 Å². The summed E-state index contributed by atoms with van der Waals surface area (Å²) in [6, 6.07) is 5.96. The highest BCUT2D eigenvalue weighted by molar-refractivity contribution is 6.30. The van der Waals surface area contributed by atoms with Crippen molar-refractivity contribution in [3.63, 3.8) is 0 Å². The van der Waals surface area contributed by atoms with Gasteiger partial charge in [-0.15, -0.1) is 0 Å². The second-order valence-electron chi connectivity index (χ2n) is 4.86. The van der Waals surface area contributed by atoms with Crippen LogP contribution >= 0.6 is 11.6 Å². The summed E-state index contributed by atoms with van der Waals surface area (Å²) < 4.78 is 41.3. The van der Waals surface area contributed by atoms with Gasteiger partial charge in [-0.1, -0.05) is 23.7 Å². The van der Waals surface area contributed by atoms with Gasteiger partial charge in [0.1, 0.15) is 0 Å². The van der Waals surface area contributed by atoms with E-state index in [-0.39, 0.29) is 11.1 Å². The Labute approximate surface area is 138 Å². The van der Waals surface area contributed by atoms with Crippen molar-refractivity contribution in [3.8, 4) is 17.1 Å². The molecule has 3 aromatic rings. The number of aromatic nitrogens is 3. The van der Waals surface area contributed by atoms with Gasteiger partial charge < -0.3 is 9.72 Å². The van der Waals surface area contributed by atoms with E-state index in [2.05, 4.69) is 19.7 Å². The monoisotopic (exact) mass is 355 g/mol. The summed E-state index contributed by atoms with van der Waals surface area (Å²) in [6.07, 6.45) is -1.85. The SMILES string of the molecule is O=c1[nH]cc2cnc(OCC(F)(F)F)nc2c1-c1ccc(Cl)cc1. The largest absolute Gasteiger partial charge is 0.454 e. The van der Waals surface area contributed by atoms with E-state index in [9.17, 15) is 18.0 Å². The Morgan fingerprint density at radius 2 is 1.92 bits per heavy atom. The molecule has 1 N–H and O–H groups in total. The van der Waals surface area contributed by atoms with E-state index < -0.39 is 24.4 Å². The molecule has 0 aliphatic heterocycles. The molecule has 0 unspecified atom stereocenters. The molecule has 9 heteroatoms. The van der Waals surface area contributed by atoms with Crippen LogP contribution in [0.15, 0.2) is 41.5 Å². The van der Waals surface area contributed by atoms with Gasteiger partial charge in [0, 0.05) is 22.8 Å². The van der Waals surface area contributed by atoms with Crippen molar-refractivity contribution in [1.82, 2.24) is 15.0 Å². The van der Waals surface area contributed by atoms with Gasteiger partial charge in [-0.05, 0) is 17.7 Å². The summed E-state index contributed by atoms with van der Waals surface area (Å²) >= 11 is 5.83. The number of benzene rings is 1. The van der Waals surface area contributed by atoms with Crippen molar-refractivity contribution in [3.05, 3.63) is 52.0 Å². The van der Waals surface area contributed by atoms with Crippen molar-refractivity contribution < 1.29 is 17.9 Å². The molecule has 0 saturated carbocycles. The summed E-state index contributed by atoms with van der Waals surface area (Å²) in [5, 5.41) is 0.943. The first kappa shape index (κ1) is 16.3. The number of aromatic amines is 1. The van der Waals surface area contributed by atoms with Gasteiger partial charge in [-0.25, -0.2) is 4.98 Å². The highest BCUT2D eigenvalue weighted by Crippen LogP contribution is 2.26. The van der Waals surface area contributed by atoms with Crippen LogP contribution in [0.5, 0.6) is 6.01 Å². The van der Waals surface area contributed by atoms with Crippen molar-refractivity contribution >= 4 is 22.5 Å². The molecular formula is C15H9ClF3N3O2. The van der Waals surface area contributed by atoms with E-state index >= 15 is 0 Å². The lowest BCUT2D eigenvalue weighted by atomic mass is 10.1. The molecule has 0 amide bonds. The molecule has 0 fully saturated rings. The van der Waals surface area contributed by atoms with Gasteiger partial charge in [-0.2, -0.15) is 18.2 Å². The second kappa shape index (κ2) is 6.12. The average molecular weight is 356 g/mol. The highest BCUT2D eigenvalue weighted by atomic mass is 35.5. The molecule has 24 heavy (non-hydrogen) atoms. The number of pyridine rings is 1. The summed E-state index contributed by atoms with van der Waals surface area (Å²) in [4.78, 5) is 22.4. The first-order chi connectivity index (χ1) is 11.3. The fraction of sp³-hybridized carbons (Fsp3) is 0.133. The van der Waals surface area contributed by atoms with Crippen molar-refractivity contribution in [2.75, 3.05) is 6.61 Å². The van der Waals surface area contributed by atoms with Gasteiger partial charge >= 0.3 is 12.2 Å². The number of hydrogen-bond donors (Lipinski definition) is 1. The summed E-state index contributed by atoms with van der Waals surface area (Å²) in [7, 11) is 0. The zero-order valence-electron chi connectivity index (χ0n) is 11.9. The normalized spacial score (nSPS) is 11.7. The van der Waals surface area contributed by atoms with Gasteiger partial charge in [-0.3, -0.25) is 4.79 Å². The molecule has 1 aromatic carbocycles. The lowest BCUT2D eigenvalue weighted by Gasteiger charge is -2.09. The van der Waals surface area contributed by atoms with Crippen LogP contribution in [0.3, 0.4) is 0 Å². The Morgan fingerprint density at radius 1 is 1.21 bits per heavy atom. The standard InChI is InChI=1S/C15H9ClF3N3O2/c16-10-3-1-8(2-4-10)11-12-9(5-20-13(11)23)6-21-14(22-12)24-7-15(17,18)19/h1-6H,7H2,(H,20,23). The molecule has 3 rings (SSSR count). The van der Waals surface area contributed by atoms with Gasteiger partial charge in [0.25, 0.3) is 5.56 Å². The quantitative estimate of drug-likeness (QED) is 0.779. The number of alkyl halides is 3. The molecule has 2 heterocycles. The van der Waals surface area contributed by atoms with Crippen molar-refractivity contribution in [2.24, 2.45) is 0 Å². The number of fused-ring (bicyclic) bond motifs is 1. The summed E-state index contributed by atoms with van der Waals surface area (Å²) in [5.74, 6) is 0. The first-order valence-electron chi connectivity index (χ1n) is 6.67. The van der Waals surface area contributed by atoms with E-state index in [1.807, 2.05) is 0 Å². The van der Waals surface area contributed by atoms with Crippen LogP contribution in [-0.2, 0) is 0 Å². The molecule has 0 aliphatic carbocycles. The molecule has 0 spiro atoms. The Bertz CT molecular complexity index is 939.